The quantitative estimate of drug-likeness (QED) is 0.748. The Morgan fingerprint density at radius 1 is 1.15 bits per heavy atom. The summed E-state index contributed by atoms with van der Waals surface area (Å²) in [6, 6.07) is 3.95. The first-order chi connectivity index (χ1) is 12.2. The molecule has 0 saturated carbocycles. The normalized spacial score (nSPS) is 21.4. The molecule has 5 nitrogen and oxygen atoms in total. The van der Waals surface area contributed by atoms with Gasteiger partial charge < -0.3 is 15.4 Å². The number of hydrogen-bond donors (Lipinski definition) is 2. The van der Waals surface area contributed by atoms with Crippen molar-refractivity contribution in [1.29, 1.82) is 0 Å². The van der Waals surface area contributed by atoms with Crippen LogP contribution in [0.4, 0.5) is 23.7 Å². The third kappa shape index (κ3) is 6.84. The zero-order chi connectivity index (χ0) is 19.2. The van der Waals surface area contributed by atoms with E-state index in [4.69, 9.17) is 4.74 Å². The molecule has 0 aromatic heterocycles. The van der Waals surface area contributed by atoms with Gasteiger partial charge >= 0.3 is 12.2 Å². The second kappa shape index (κ2) is 9.23. The van der Waals surface area contributed by atoms with Gasteiger partial charge in [0.25, 0.3) is 0 Å². The summed E-state index contributed by atoms with van der Waals surface area (Å²) in [7, 11) is 0. The lowest BCUT2D eigenvalue weighted by atomic mass is 10.2. The highest BCUT2D eigenvalue weighted by molar-refractivity contribution is 5.89. The smallest absolute Gasteiger partial charge is 0.373 e. The Bertz CT molecular complexity index is 568. The van der Waals surface area contributed by atoms with Crippen LogP contribution in [0.3, 0.4) is 0 Å². The number of alkyl halides is 3. The van der Waals surface area contributed by atoms with Crippen molar-refractivity contribution in [2.24, 2.45) is 0 Å². The number of anilines is 1. The summed E-state index contributed by atoms with van der Waals surface area (Å²) in [5.74, 6) is 0. The van der Waals surface area contributed by atoms with Crippen LogP contribution in [0.25, 0.3) is 0 Å². The zero-order valence-electron chi connectivity index (χ0n) is 15.1. The van der Waals surface area contributed by atoms with Crippen LogP contribution >= 0.6 is 0 Å². The molecular formula is C18H26F3N3O2. The van der Waals surface area contributed by atoms with E-state index in [1.807, 2.05) is 0 Å². The molecule has 0 radical (unpaired) electrons. The SMILES string of the molecule is C[C@H]1CN(CCCCNC(=O)Nc2ccc(C(F)(F)F)cc2)C[C@H](C)O1. The maximum Gasteiger partial charge on any atom is 0.416 e. The third-order valence-electron chi connectivity index (χ3n) is 4.15. The zero-order valence-corrected chi connectivity index (χ0v) is 15.1. The first-order valence-electron chi connectivity index (χ1n) is 8.84. The van der Waals surface area contributed by atoms with Gasteiger partial charge in [0.1, 0.15) is 0 Å². The van der Waals surface area contributed by atoms with Crippen LogP contribution in [0, 0.1) is 0 Å². The number of carbonyl (C=O) groups is 1. The van der Waals surface area contributed by atoms with Crippen LogP contribution in [-0.2, 0) is 10.9 Å². The average molecular weight is 373 g/mol. The van der Waals surface area contributed by atoms with Gasteiger partial charge in [0, 0.05) is 25.3 Å². The first-order valence-corrected chi connectivity index (χ1v) is 8.84. The van der Waals surface area contributed by atoms with Crippen LogP contribution in [0.5, 0.6) is 0 Å². The number of morpholine rings is 1. The van der Waals surface area contributed by atoms with Gasteiger partial charge in [-0.05, 0) is 57.5 Å². The minimum absolute atomic E-state index is 0.242. The Labute approximate surface area is 151 Å². The van der Waals surface area contributed by atoms with Gasteiger partial charge in [-0.15, -0.1) is 0 Å². The van der Waals surface area contributed by atoms with E-state index >= 15 is 0 Å². The summed E-state index contributed by atoms with van der Waals surface area (Å²) in [4.78, 5) is 14.1. The first kappa shape index (κ1) is 20.5. The number of carbonyl (C=O) groups excluding carboxylic acids is 1. The van der Waals surface area contributed by atoms with Crippen LogP contribution in [0.15, 0.2) is 24.3 Å². The summed E-state index contributed by atoms with van der Waals surface area (Å²) in [5.41, 5.74) is -0.415. The molecule has 2 N–H and O–H groups in total. The lowest BCUT2D eigenvalue weighted by Gasteiger charge is -2.35. The van der Waals surface area contributed by atoms with E-state index in [2.05, 4.69) is 29.4 Å². The predicted molar refractivity (Wildman–Crippen MR) is 94.1 cm³/mol. The Balaban J connectivity index is 1.62. The molecule has 0 unspecified atom stereocenters. The fraction of sp³-hybridized carbons (Fsp3) is 0.611. The highest BCUT2D eigenvalue weighted by Gasteiger charge is 2.30. The number of ether oxygens (including phenoxy) is 1. The van der Waals surface area contributed by atoms with Crippen molar-refractivity contribution >= 4 is 11.7 Å². The Morgan fingerprint density at radius 2 is 1.77 bits per heavy atom. The second-order valence-electron chi connectivity index (χ2n) is 6.68. The predicted octanol–water partition coefficient (Wildman–Crippen LogP) is 3.72. The number of rotatable bonds is 6. The van der Waals surface area contributed by atoms with Crippen molar-refractivity contribution in [2.45, 2.75) is 45.1 Å². The van der Waals surface area contributed by atoms with Crippen molar-refractivity contribution in [1.82, 2.24) is 10.2 Å². The minimum atomic E-state index is -4.38. The monoisotopic (exact) mass is 373 g/mol. The van der Waals surface area contributed by atoms with Crippen LogP contribution in [0.1, 0.15) is 32.3 Å². The van der Waals surface area contributed by atoms with E-state index < -0.39 is 17.8 Å². The average Bonchev–Trinajstić information content (AvgIpc) is 2.53. The largest absolute Gasteiger partial charge is 0.416 e. The maximum atomic E-state index is 12.5. The number of hydrogen-bond acceptors (Lipinski definition) is 3. The topological polar surface area (TPSA) is 53.6 Å². The number of amides is 2. The summed E-state index contributed by atoms with van der Waals surface area (Å²) < 4.78 is 43.2. The molecule has 0 bridgehead atoms. The number of nitrogens with zero attached hydrogens (tertiary/aromatic N) is 1. The standard InChI is InChI=1S/C18H26F3N3O2/c1-13-11-24(12-14(2)26-13)10-4-3-9-22-17(25)23-16-7-5-15(6-8-16)18(19,20)21/h5-8,13-14H,3-4,9-12H2,1-2H3,(H2,22,23,25)/t13-,14-/m0/s1. The van der Waals surface area contributed by atoms with Crippen molar-refractivity contribution in [3.63, 3.8) is 0 Å². The third-order valence-corrected chi connectivity index (χ3v) is 4.15. The lowest BCUT2D eigenvalue weighted by molar-refractivity contribution is -0.137. The minimum Gasteiger partial charge on any atom is -0.373 e. The Hall–Kier alpha value is -1.80. The number of nitrogens with one attached hydrogen (secondary N) is 2. The van der Waals surface area contributed by atoms with Gasteiger partial charge in [-0.3, -0.25) is 4.90 Å². The molecule has 8 heteroatoms. The highest BCUT2D eigenvalue weighted by atomic mass is 19.4. The molecule has 0 spiro atoms. The summed E-state index contributed by atoms with van der Waals surface area (Å²) in [6.07, 6.45) is -2.10. The highest BCUT2D eigenvalue weighted by Crippen LogP contribution is 2.29. The van der Waals surface area contributed by atoms with Crippen LogP contribution in [0.2, 0.25) is 0 Å². The molecule has 1 aliphatic rings. The molecule has 26 heavy (non-hydrogen) atoms. The van der Waals surface area contributed by atoms with Crippen molar-refractivity contribution in [2.75, 3.05) is 31.5 Å². The summed E-state index contributed by atoms with van der Waals surface area (Å²) >= 11 is 0. The van der Waals surface area contributed by atoms with Crippen LogP contribution in [-0.4, -0.2) is 49.3 Å². The van der Waals surface area contributed by atoms with Gasteiger partial charge in [-0.1, -0.05) is 0 Å². The van der Waals surface area contributed by atoms with Gasteiger partial charge in [-0.2, -0.15) is 13.2 Å². The lowest BCUT2D eigenvalue weighted by Crippen LogP contribution is -2.45. The number of unbranched alkanes of at least 4 members (excludes halogenated alkanes) is 1. The van der Waals surface area contributed by atoms with E-state index in [0.29, 0.717) is 12.2 Å². The molecule has 2 atom stereocenters. The molecule has 1 saturated heterocycles. The molecule has 0 aliphatic carbocycles. The van der Waals surface area contributed by atoms with Crippen molar-refractivity contribution in [3.05, 3.63) is 29.8 Å². The van der Waals surface area contributed by atoms with Gasteiger partial charge in [0.05, 0.1) is 17.8 Å². The van der Waals surface area contributed by atoms with Crippen LogP contribution < -0.4 is 10.6 Å². The molecular weight excluding hydrogens is 347 g/mol. The fourth-order valence-electron chi connectivity index (χ4n) is 3.05. The Morgan fingerprint density at radius 3 is 2.35 bits per heavy atom. The number of urea groups is 1. The molecule has 1 aromatic carbocycles. The summed E-state index contributed by atoms with van der Waals surface area (Å²) in [6.45, 7) is 7.45. The molecule has 1 aliphatic heterocycles. The molecule has 2 amide bonds. The number of benzene rings is 1. The van der Waals surface area contributed by atoms with Gasteiger partial charge in [0.2, 0.25) is 0 Å². The molecule has 1 heterocycles. The number of halogens is 3. The fourth-order valence-corrected chi connectivity index (χ4v) is 3.05. The van der Waals surface area contributed by atoms with Crippen molar-refractivity contribution in [3.8, 4) is 0 Å². The summed E-state index contributed by atoms with van der Waals surface area (Å²) in [5, 5.41) is 5.24. The maximum absolute atomic E-state index is 12.5. The van der Waals surface area contributed by atoms with E-state index in [-0.39, 0.29) is 12.2 Å². The van der Waals surface area contributed by atoms with Crippen molar-refractivity contribution < 1.29 is 22.7 Å². The Kier molecular flexibility index (Phi) is 7.28. The van der Waals surface area contributed by atoms with E-state index in [0.717, 1.165) is 44.6 Å². The molecule has 1 fully saturated rings. The van der Waals surface area contributed by atoms with E-state index in [1.54, 1.807) is 0 Å². The molecule has 1 aromatic rings. The molecule has 146 valence electrons. The van der Waals surface area contributed by atoms with Gasteiger partial charge in [-0.25, -0.2) is 4.79 Å². The van der Waals surface area contributed by atoms with E-state index in [9.17, 15) is 18.0 Å². The van der Waals surface area contributed by atoms with Gasteiger partial charge in [0.15, 0.2) is 0 Å². The second-order valence-corrected chi connectivity index (χ2v) is 6.68. The van der Waals surface area contributed by atoms with E-state index in [1.165, 1.54) is 12.1 Å². The molecule has 2 rings (SSSR count).